The normalized spacial score (nSPS) is 24.1. The molecule has 0 saturated heterocycles. The van der Waals surface area contributed by atoms with Crippen molar-refractivity contribution >= 4 is 35.1 Å². The molecular formula is C16H20Cl2N2O3. The number of esters is 1. The summed E-state index contributed by atoms with van der Waals surface area (Å²) in [5.74, 6) is 0.0471. The Balaban J connectivity index is 1.85. The van der Waals surface area contributed by atoms with Crippen LogP contribution in [0.2, 0.25) is 10.3 Å². The van der Waals surface area contributed by atoms with Gasteiger partial charge in [-0.1, -0.05) is 49.9 Å². The first-order chi connectivity index (χ1) is 10.9. The molecule has 0 radical (unpaired) electrons. The smallest absolute Gasteiger partial charge is 0.338 e. The van der Waals surface area contributed by atoms with E-state index in [1.54, 1.807) is 0 Å². The van der Waals surface area contributed by atoms with Crippen molar-refractivity contribution in [3.63, 3.8) is 0 Å². The summed E-state index contributed by atoms with van der Waals surface area (Å²) in [5, 5.41) is 3.14. The van der Waals surface area contributed by atoms with Gasteiger partial charge in [0.2, 0.25) is 0 Å². The highest BCUT2D eigenvalue weighted by atomic mass is 35.5. The van der Waals surface area contributed by atoms with Crippen molar-refractivity contribution < 1.29 is 14.3 Å². The molecule has 3 atom stereocenters. The topological polar surface area (TPSA) is 68.3 Å². The Morgan fingerprint density at radius 3 is 2.57 bits per heavy atom. The molecule has 1 aromatic heterocycles. The van der Waals surface area contributed by atoms with E-state index >= 15 is 0 Å². The lowest BCUT2D eigenvalue weighted by atomic mass is 9.78. The molecule has 0 spiro atoms. The molecule has 1 aromatic rings. The zero-order valence-electron chi connectivity index (χ0n) is 13.1. The Kier molecular flexibility index (Phi) is 6.25. The summed E-state index contributed by atoms with van der Waals surface area (Å²) in [6.07, 6.45) is 3.25. The Bertz CT molecular complexity index is 574. The van der Waals surface area contributed by atoms with Gasteiger partial charge in [0.1, 0.15) is 10.3 Å². The summed E-state index contributed by atoms with van der Waals surface area (Å²) in [7, 11) is 0. The minimum absolute atomic E-state index is 0.0962. The molecule has 5 nitrogen and oxygen atoms in total. The fourth-order valence-corrected chi connectivity index (χ4v) is 3.29. The first kappa shape index (κ1) is 18.0. The van der Waals surface area contributed by atoms with Gasteiger partial charge in [0.05, 0.1) is 5.56 Å². The number of hydrogen-bond acceptors (Lipinski definition) is 4. The van der Waals surface area contributed by atoms with E-state index in [1.807, 2.05) is 0 Å². The Hall–Kier alpha value is -1.33. The Labute approximate surface area is 145 Å². The van der Waals surface area contributed by atoms with E-state index in [0.29, 0.717) is 11.8 Å². The lowest BCUT2D eigenvalue weighted by Gasteiger charge is -2.34. The van der Waals surface area contributed by atoms with Crippen molar-refractivity contribution in [1.29, 1.82) is 0 Å². The molecule has 0 bridgehead atoms. The van der Waals surface area contributed by atoms with Crippen LogP contribution >= 0.6 is 23.2 Å². The predicted molar refractivity (Wildman–Crippen MR) is 88.6 cm³/mol. The van der Waals surface area contributed by atoms with Crippen LogP contribution in [0.3, 0.4) is 0 Å². The highest BCUT2D eigenvalue weighted by Crippen LogP contribution is 2.29. The minimum Gasteiger partial charge on any atom is -0.452 e. The van der Waals surface area contributed by atoms with Crippen molar-refractivity contribution in [2.45, 2.75) is 39.2 Å². The molecule has 0 aliphatic heterocycles. The van der Waals surface area contributed by atoms with Crippen molar-refractivity contribution in [2.75, 3.05) is 6.61 Å². The first-order valence-electron chi connectivity index (χ1n) is 7.66. The number of nitrogens with zero attached hydrogens (tertiary/aromatic N) is 1. The summed E-state index contributed by atoms with van der Waals surface area (Å²) in [6, 6.07) is 2.83. The summed E-state index contributed by atoms with van der Waals surface area (Å²) in [6.45, 7) is 4.01. The van der Waals surface area contributed by atoms with Crippen molar-refractivity contribution in [3.8, 4) is 0 Å². The zero-order chi connectivity index (χ0) is 17.0. The number of nitrogens with one attached hydrogen (secondary N) is 1. The maximum atomic E-state index is 12.0. The highest BCUT2D eigenvalue weighted by Gasteiger charge is 2.28. The summed E-state index contributed by atoms with van der Waals surface area (Å²) < 4.78 is 5.01. The van der Waals surface area contributed by atoms with Crippen LogP contribution in [-0.4, -0.2) is 29.5 Å². The zero-order valence-corrected chi connectivity index (χ0v) is 14.7. The predicted octanol–water partition coefficient (Wildman–Crippen LogP) is 3.49. The van der Waals surface area contributed by atoms with Gasteiger partial charge in [-0.15, -0.1) is 0 Å². The molecule has 1 saturated carbocycles. The van der Waals surface area contributed by atoms with Gasteiger partial charge in [-0.05, 0) is 30.4 Å². The quantitative estimate of drug-likeness (QED) is 0.660. The van der Waals surface area contributed by atoms with E-state index in [-0.39, 0.29) is 34.4 Å². The number of amides is 1. The summed E-state index contributed by atoms with van der Waals surface area (Å²) >= 11 is 11.5. The third-order valence-electron chi connectivity index (χ3n) is 4.39. The average Bonchev–Trinajstić information content (AvgIpc) is 2.48. The van der Waals surface area contributed by atoms with Crippen LogP contribution in [0, 0.1) is 11.8 Å². The van der Waals surface area contributed by atoms with Crippen LogP contribution in [0.15, 0.2) is 12.1 Å². The van der Waals surface area contributed by atoms with Crippen LogP contribution < -0.4 is 5.32 Å². The summed E-state index contributed by atoms with van der Waals surface area (Å²) in [4.78, 5) is 27.6. The van der Waals surface area contributed by atoms with Crippen LogP contribution in [0.4, 0.5) is 0 Å². The third-order valence-corrected chi connectivity index (χ3v) is 4.77. The van der Waals surface area contributed by atoms with Gasteiger partial charge >= 0.3 is 5.97 Å². The van der Waals surface area contributed by atoms with Gasteiger partial charge in [-0.25, -0.2) is 9.78 Å². The highest BCUT2D eigenvalue weighted by molar-refractivity contribution is 6.32. The number of aromatic nitrogens is 1. The van der Waals surface area contributed by atoms with E-state index in [1.165, 1.54) is 18.6 Å². The fourth-order valence-electron chi connectivity index (χ4n) is 2.83. The van der Waals surface area contributed by atoms with Crippen molar-refractivity contribution in [1.82, 2.24) is 10.3 Å². The van der Waals surface area contributed by atoms with Gasteiger partial charge in [-0.2, -0.15) is 0 Å². The maximum absolute atomic E-state index is 12.0. The van der Waals surface area contributed by atoms with E-state index in [4.69, 9.17) is 27.9 Å². The number of pyridine rings is 1. The number of halogens is 2. The monoisotopic (exact) mass is 358 g/mol. The second-order valence-electron chi connectivity index (χ2n) is 6.02. The number of hydrogen-bond donors (Lipinski definition) is 1. The molecule has 23 heavy (non-hydrogen) atoms. The number of ether oxygens (including phenoxy) is 1. The lowest BCUT2D eigenvalue weighted by molar-refractivity contribution is -0.125. The molecule has 0 unspecified atom stereocenters. The second kappa shape index (κ2) is 7.97. The third kappa shape index (κ3) is 5.08. The van der Waals surface area contributed by atoms with E-state index in [0.717, 1.165) is 12.8 Å². The molecule has 1 aliphatic rings. The molecule has 1 amide bonds. The molecular weight excluding hydrogens is 339 g/mol. The number of rotatable bonds is 4. The summed E-state index contributed by atoms with van der Waals surface area (Å²) in [5.41, 5.74) is 0.169. The van der Waals surface area contributed by atoms with Crippen LogP contribution in [0.5, 0.6) is 0 Å². The Morgan fingerprint density at radius 1 is 1.26 bits per heavy atom. The van der Waals surface area contributed by atoms with Crippen molar-refractivity contribution in [2.24, 2.45) is 11.8 Å². The van der Waals surface area contributed by atoms with E-state index in [9.17, 15) is 9.59 Å². The molecule has 1 heterocycles. The van der Waals surface area contributed by atoms with Gasteiger partial charge in [0.15, 0.2) is 6.61 Å². The molecule has 1 aliphatic carbocycles. The van der Waals surface area contributed by atoms with Crippen molar-refractivity contribution in [3.05, 3.63) is 28.0 Å². The molecule has 1 N–H and O–H groups in total. The average molecular weight is 359 g/mol. The largest absolute Gasteiger partial charge is 0.452 e. The van der Waals surface area contributed by atoms with Gasteiger partial charge in [0.25, 0.3) is 5.91 Å². The molecule has 1 fully saturated rings. The molecule has 2 rings (SSSR count). The SMILES string of the molecule is C[C@H]1[C@@H](NC(=O)COC(=O)c2cc(Cl)nc(Cl)c2)CCC[C@@H]1C. The number of carbonyl (C=O) groups excluding carboxylic acids is 2. The molecule has 126 valence electrons. The second-order valence-corrected chi connectivity index (χ2v) is 6.79. The molecule has 7 heteroatoms. The van der Waals surface area contributed by atoms with Crippen LogP contribution in [0.25, 0.3) is 0 Å². The van der Waals surface area contributed by atoms with Crippen LogP contribution in [-0.2, 0) is 9.53 Å². The van der Waals surface area contributed by atoms with Gasteiger partial charge < -0.3 is 10.1 Å². The maximum Gasteiger partial charge on any atom is 0.338 e. The number of carbonyl (C=O) groups is 2. The fraction of sp³-hybridized carbons (Fsp3) is 0.562. The van der Waals surface area contributed by atoms with E-state index in [2.05, 4.69) is 24.1 Å². The standard InChI is InChI=1S/C16H20Cl2N2O3/c1-9-4-3-5-12(10(9)2)19-15(21)8-23-16(22)11-6-13(17)20-14(18)7-11/h6-7,9-10,12H,3-5,8H2,1-2H3,(H,19,21)/t9-,10+,12-/m0/s1. The minimum atomic E-state index is -0.656. The van der Waals surface area contributed by atoms with Gasteiger partial charge in [-0.3, -0.25) is 4.79 Å². The lowest BCUT2D eigenvalue weighted by Crippen LogP contribution is -2.45. The van der Waals surface area contributed by atoms with E-state index < -0.39 is 5.97 Å². The Morgan fingerprint density at radius 2 is 1.91 bits per heavy atom. The first-order valence-corrected chi connectivity index (χ1v) is 8.42. The van der Waals surface area contributed by atoms with Crippen LogP contribution in [0.1, 0.15) is 43.5 Å². The molecule has 0 aromatic carbocycles. The van der Waals surface area contributed by atoms with Gasteiger partial charge in [0, 0.05) is 6.04 Å².